The van der Waals surface area contributed by atoms with Gasteiger partial charge in [0.25, 0.3) is 0 Å². The van der Waals surface area contributed by atoms with Crippen molar-refractivity contribution in [3.05, 3.63) is 29.8 Å². The molecular formula is C22H37NO3S. The lowest BCUT2D eigenvalue weighted by molar-refractivity contribution is -0.130. The number of carbonyl (C=O) groups is 1. The highest BCUT2D eigenvalue weighted by Gasteiger charge is 2.22. The van der Waals surface area contributed by atoms with Crippen molar-refractivity contribution in [2.24, 2.45) is 17.8 Å². The molecule has 154 valence electrons. The van der Waals surface area contributed by atoms with E-state index in [1.54, 1.807) is 19.1 Å². The molecule has 1 aromatic rings. The highest BCUT2D eigenvalue weighted by Crippen LogP contribution is 2.24. The van der Waals surface area contributed by atoms with Gasteiger partial charge in [0, 0.05) is 26.3 Å². The Kier molecular flexibility index (Phi) is 9.51. The largest absolute Gasteiger partial charge is 0.343 e. The Bertz CT molecular complexity index is 670. The zero-order chi connectivity index (χ0) is 20.6. The summed E-state index contributed by atoms with van der Waals surface area (Å²) >= 11 is 0. The molecule has 0 aromatic heterocycles. The van der Waals surface area contributed by atoms with Crippen molar-refractivity contribution in [1.29, 1.82) is 0 Å². The van der Waals surface area contributed by atoms with Crippen LogP contribution in [-0.4, -0.2) is 38.6 Å². The number of carbonyl (C=O) groups excluding carboxylic acids is 1. The van der Waals surface area contributed by atoms with Crippen LogP contribution in [0.3, 0.4) is 0 Å². The van der Waals surface area contributed by atoms with Crippen LogP contribution in [0.25, 0.3) is 0 Å². The molecule has 1 aliphatic rings. The van der Waals surface area contributed by atoms with Crippen LogP contribution < -0.4 is 0 Å². The zero-order valence-electron chi connectivity index (χ0n) is 17.9. The second-order valence-electron chi connectivity index (χ2n) is 8.44. The zero-order valence-corrected chi connectivity index (χ0v) is 18.7. The minimum absolute atomic E-state index is 0.234. The van der Waals surface area contributed by atoms with Crippen LogP contribution in [0.2, 0.25) is 0 Å². The average Bonchev–Trinajstić information content (AvgIpc) is 2.60. The quantitative estimate of drug-likeness (QED) is 0.733. The molecule has 0 unspecified atom stereocenters. The van der Waals surface area contributed by atoms with E-state index in [0.717, 1.165) is 37.8 Å². The summed E-state index contributed by atoms with van der Waals surface area (Å²) < 4.78 is 22.4. The van der Waals surface area contributed by atoms with Gasteiger partial charge in [-0.2, -0.15) is 0 Å². The topological polar surface area (TPSA) is 54.5 Å². The maximum Gasteiger partial charge on any atom is 0.219 e. The predicted octanol–water partition coefficient (Wildman–Crippen LogP) is 4.58. The molecule has 0 spiro atoms. The molecule has 0 bridgehead atoms. The maximum absolute atomic E-state index is 11.2. The molecule has 0 saturated carbocycles. The summed E-state index contributed by atoms with van der Waals surface area (Å²) in [5, 5.41) is 0. The highest BCUT2D eigenvalue weighted by molar-refractivity contribution is 7.90. The first kappa shape index (κ1) is 23.7. The standard InChI is InChI=1S/C12H18O2S.C10H19NO/c1-10(2)4-5-11-6-8-12(9-7-11)15(3,13)14;1-8(2)10-4-6-11(7-5-10)9(3)12/h6-10H,4-5H2,1-3H3;8,10H,4-7H2,1-3H3. The molecule has 0 N–H and O–H groups in total. The lowest BCUT2D eigenvalue weighted by atomic mass is 9.87. The lowest BCUT2D eigenvalue weighted by Crippen LogP contribution is -2.38. The van der Waals surface area contributed by atoms with Crippen LogP contribution in [0.5, 0.6) is 0 Å². The first-order valence-corrected chi connectivity index (χ1v) is 11.9. The van der Waals surface area contributed by atoms with Crippen molar-refractivity contribution >= 4 is 15.7 Å². The summed E-state index contributed by atoms with van der Waals surface area (Å²) in [4.78, 5) is 13.4. The fourth-order valence-corrected chi connectivity index (χ4v) is 3.87. The smallest absolute Gasteiger partial charge is 0.219 e. The molecule has 1 fully saturated rings. The monoisotopic (exact) mass is 395 g/mol. The number of aryl methyl sites for hydroxylation is 1. The van der Waals surface area contributed by atoms with E-state index in [-0.39, 0.29) is 5.91 Å². The summed E-state index contributed by atoms with van der Waals surface area (Å²) in [7, 11) is -3.05. The molecule has 1 aromatic carbocycles. The van der Waals surface area contributed by atoms with Gasteiger partial charge in [-0.25, -0.2) is 8.42 Å². The van der Waals surface area contributed by atoms with Crippen molar-refractivity contribution in [2.75, 3.05) is 19.3 Å². The van der Waals surface area contributed by atoms with E-state index in [1.807, 2.05) is 17.0 Å². The van der Waals surface area contributed by atoms with Crippen LogP contribution in [-0.2, 0) is 21.1 Å². The molecule has 1 aliphatic heterocycles. The second-order valence-corrected chi connectivity index (χ2v) is 10.5. The molecule has 0 radical (unpaired) electrons. The first-order valence-electron chi connectivity index (χ1n) is 10.0. The van der Waals surface area contributed by atoms with E-state index in [2.05, 4.69) is 27.7 Å². The van der Waals surface area contributed by atoms with E-state index in [4.69, 9.17) is 0 Å². The van der Waals surface area contributed by atoms with Gasteiger partial charge in [-0.3, -0.25) is 4.79 Å². The number of hydrogen-bond donors (Lipinski definition) is 0. The summed E-state index contributed by atoms with van der Waals surface area (Å²) in [6.45, 7) is 12.5. The summed E-state index contributed by atoms with van der Waals surface area (Å²) in [6, 6.07) is 7.17. The lowest BCUT2D eigenvalue weighted by Gasteiger charge is -2.33. The van der Waals surface area contributed by atoms with Gasteiger partial charge in [-0.05, 0) is 61.1 Å². The number of likely N-dealkylation sites (tertiary alicyclic amines) is 1. The van der Waals surface area contributed by atoms with Crippen molar-refractivity contribution in [1.82, 2.24) is 4.90 Å². The Morgan fingerprint density at radius 1 is 1.07 bits per heavy atom. The van der Waals surface area contributed by atoms with Crippen LogP contribution >= 0.6 is 0 Å². The SMILES string of the molecule is CC(=O)N1CCC(C(C)C)CC1.CC(C)CCc1ccc(S(C)(=O)=O)cc1. The third-order valence-electron chi connectivity index (χ3n) is 5.29. The molecule has 2 rings (SSSR count). The number of piperidine rings is 1. The number of hydrogen-bond acceptors (Lipinski definition) is 3. The van der Waals surface area contributed by atoms with E-state index in [0.29, 0.717) is 10.8 Å². The Morgan fingerprint density at radius 2 is 1.59 bits per heavy atom. The summed E-state index contributed by atoms with van der Waals surface area (Å²) in [5.74, 6) is 2.52. The van der Waals surface area contributed by atoms with Gasteiger partial charge in [-0.15, -0.1) is 0 Å². The van der Waals surface area contributed by atoms with Gasteiger partial charge in [0.1, 0.15) is 0 Å². The normalized spacial score (nSPS) is 15.6. The van der Waals surface area contributed by atoms with Gasteiger partial charge in [0.2, 0.25) is 5.91 Å². The van der Waals surface area contributed by atoms with Gasteiger partial charge in [0.05, 0.1) is 4.90 Å². The summed E-state index contributed by atoms with van der Waals surface area (Å²) in [6.07, 6.45) is 5.77. The van der Waals surface area contributed by atoms with Crippen molar-refractivity contribution in [3.8, 4) is 0 Å². The molecule has 1 amide bonds. The number of sulfone groups is 1. The minimum atomic E-state index is -3.05. The van der Waals surface area contributed by atoms with E-state index >= 15 is 0 Å². The first-order chi connectivity index (χ1) is 12.5. The second kappa shape index (κ2) is 10.8. The highest BCUT2D eigenvalue weighted by atomic mass is 32.2. The van der Waals surface area contributed by atoms with Gasteiger partial charge in [-0.1, -0.05) is 39.8 Å². The molecule has 1 heterocycles. The van der Waals surface area contributed by atoms with Crippen LogP contribution in [0, 0.1) is 17.8 Å². The Labute approximate surface area is 166 Å². The molecular weight excluding hydrogens is 358 g/mol. The Balaban J connectivity index is 0.000000277. The number of amides is 1. The number of nitrogens with zero attached hydrogens (tertiary/aromatic N) is 1. The summed E-state index contributed by atoms with van der Waals surface area (Å²) in [5.41, 5.74) is 1.20. The van der Waals surface area contributed by atoms with Crippen molar-refractivity contribution in [2.45, 2.75) is 65.2 Å². The molecule has 0 atom stereocenters. The molecule has 5 heteroatoms. The number of rotatable bonds is 5. The Hall–Kier alpha value is -1.36. The average molecular weight is 396 g/mol. The van der Waals surface area contributed by atoms with Gasteiger partial charge in [0.15, 0.2) is 9.84 Å². The van der Waals surface area contributed by atoms with Gasteiger partial charge >= 0.3 is 0 Å². The maximum atomic E-state index is 11.2. The van der Waals surface area contributed by atoms with E-state index in [9.17, 15) is 13.2 Å². The fraction of sp³-hybridized carbons (Fsp3) is 0.682. The minimum Gasteiger partial charge on any atom is -0.343 e. The van der Waals surface area contributed by atoms with Crippen molar-refractivity contribution in [3.63, 3.8) is 0 Å². The van der Waals surface area contributed by atoms with Crippen LogP contribution in [0.4, 0.5) is 0 Å². The van der Waals surface area contributed by atoms with E-state index < -0.39 is 9.84 Å². The predicted molar refractivity (Wildman–Crippen MR) is 113 cm³/mol. The fourth-order valence-electron chi connectivity index (χ4n) is 3.24. The van der Waals surface area contributed by atoms with Crippen molar-refractivity contribution < 1.29 is 13.2 Å². The molecule has 27 heavy (non-hydrogen) atoms. The molecule has 0 aliphatic carbocycles. The van der Waals surface area contributed by atoms with Gasteiger partial charge < -0.3 is 4.90 Å². The van der Waals surface area contributed by atoms with E-state index in [1.165, 1.54) is 24.7 Å². The number of benzene rings is 1. The molecule has 4 nitrogen and oxygen atoms in total. The molecule has 1 saturated heterocycles. The van der Waals surface area contributed by atoms with Crippen LogP contribution in [0.1, 0.15) is 59.4 Å². The third-order valence-corrected chi connectivity index (χ3v) is 6.42. The Morgan fingerprint density at radius 3 is 1.96 bits per heavy atom. The third kappa shape index (κ3) is 8.91. The van der Waals surface area contributed by atoms with Crippen LogP contribution in [0.15, 0.2) is 29.2 Å².